The summed E-state index contributed by atoms with van der Waals surface area (Å²) in [7, 11) is 3.56. The van der Waals surface area contributed by atoms with Gasteiger partial charge in [-0.2, -0.15) is 5.10 Å². The molecule has 1 aliphatic heterocycles. The van der Waals surface area contributed by atoms with Crippen molar-refractivity contribution in [2.24, 2.45) is 7.05 Å². The lowest BCUT2D eigenvalue weighted by Crippen LogP contribution is -2.42. The quantitative estimate of drug-likeness (QED) is 0.823. The SMILES string of the molecule is COCCc1cnc2n1CCN(C(=O)Cc1ccn(C)n1)[C@@H]2C. The van der Waals surface area contributed by atoms with Gasteiger partial charge in [0.2, 0.25) is 5.91 Å². The number of carbonyl (C=O) groups excluding carboxylic acids is 1. The average molecular weight is 317 g/mol. The molecule has 1 aliphatic rings. The predicted octanol–water partition coefficient (Wildman–Crippen LogP) is 0.951. The van der Waals surface area contributed by atoms with E-state index < -0.39 is 0 Å². The summed E-state index contributed by atoms with van der Waals surface area (Å²) >= 11 is 0. The molecule has 2 aromatic heterocycles. The van der Waals surface area contributed by atoms with Crippen LogP contribution in [0.25, 0.3) is 0 Å². The van der Waals surface area contributed by atoms with Gasteiger partial charge >= 0.3 is 0 Å². The fourth-order valence-electron chi connectivity index (χ4n) is 3.12. The molecule has 0 saturated carbocycles. The Morgan fingerprint density at radius 1 is 1.43 bits per heavy atom. The topological polar surface area (TPSA) is 65.2 Å². The Balaban J connectivity index is 1.71. The van der Waals surface area contributed by atoms with Crippen molar-refractivity contribution in [3.05, 3.63) is 35.7 Å². The molecule has 0 aliphatic carbocycles. The Bertz CT molecular complexity index is 690. The number of aromatic nitrogens is 4. The van der Waals surface area contributed by atoms with Gasteiger partial charge in [0.25, 0.3) is 0 Å². The summed E-state index contributed by atoms with van der Waals surface area (Å²) in [5, 5.41) is 4.29. The molecule has 0 unspecified atom stereocenters. The van der Waals surface area contributed by atoms with Crippen LogP contribution in [0.15, 0.2) is 18.5 Å². The molecule has 0 fully saturated rings. The van der Waals surface area contributed by atoms with Crippen molar-refractivity contribution in [1.82, 2.24) is 24.2 Å². The maximum absolute atomic E-state index is 12.6. The van der Waals surface area contributed by atoms with Gasteiger partial charge in [0, 0.05) is 51.8 Å². The monoisotopic (exact) mass is 317 g/mol. The van der Waals surface area contributed by atoms with Crippen LogP contribution in [-0.4, -0.2) is 50.4 Å². The minimum atomic E-state index is -0.0174. The van der Waals surface area contributed by atoms with Crippen LogP contribution < -0.4 is 0 Å². The van der Waals surface area contributed by atoms with Gasteiger partial charge in [-0.05, 0) is 13.0 Å². The van der Waals surface area contributed by atoms with Crippen LogP contribution in [0.4, 0.5) is 0 Å². The van der Waals surface area contributed by atoms with Gasteiger partial charge in [0.15, 0.2) is 0 Å². The van der Waals surface area contributed by atoms with E-state index in [0.717, 1.165) is 24.5 Å². The second-order valence-electron chi connectivity index (χ2n) is 5.92. The lowest BCUT2D eigenvalue weighted by atomic mass is 10.1. The maximum atomic E-state index is 12.6. The highest BCUT2D eigenvalue weighted by Crippen LogP contribution is 2.26. The second-order valence-corrected chi connectivity index (χ2v) is 5.92. The van der Waals surface area contributed by atoms with Gasteiger partial charge in [0.05, 0.1) is 24.8 Å². The molecule has 23 heavy (non-hydrogen) atoms. The zero-order valence-corrected chi connectivity index (χ0v) is 13.9. The van der Waals surface area contributed by atoms with Gasteiger partial charge in [-0.3, -0.25) is 9.48 Å². The third-order valence-electron chi connectivity index (χ3n) is 4.36. The third kappa shape index (κ3) is 3.14. The first kappa shape index (κ1) is 15.7. The number of nitrogens with zero attached hydrogens (tertiary/aromatic N) is 5. The highest BCUT2D eigenvalue weighted by Gasteiger charge is 2.30. The van der Waals surface area contributed by atoms with Gasteiger partial charge < -0.3 is 14.2 Å². The zero-order chi connectivity index (χ0) is 16.4. The van der Waals surface area contributed by atoms with Crippen LogP contribution >= 0.6 is 0 Å². The minimum absolute atomic E-state index is 0.0174. The molecule has 0 saturated heterocycles. The van der Waals surface area contributed by atoms with Crippen LogP contribution in [0, 0.1) is 0 Å². The van der Waals surface area contributed by atoms with Crippen LogP contribution in [0.1, 0.15) is 30.2 Å². The zero-order valence-electron chi connectivity index (χ0n) is 13.9. The molecule has 0 radical (unpaired) electrons. The number of ether oxygens (including phenoxy) is 1. The molecular weight excluding hydrogens is 294 g/mol. The van der Waals surface area contributed by atoms with E-state index in [1.54, 1.807) is 11.8 Å². The van der Waals surface area contributed by atoms with E-state index in [-0.39, 0.29) is 11.9 Å². The maximum Gasteiger partial charge on any atom is 0.229 e. The Hall–Kier alpha value is -2.15. The lowest BCUT2D eigenvalue weighted by Gasteiger charge is -2.34. The summed E-state index contributed by atoms with van der Waals surface area (Å²) in [6.07, 6.45) is 4.94. The standard InChI is InChI=1S/C16H23N5O2/c1-12-16-17-11-14(5-9-23-3)21(16)8-7-20(12)15(22)10-13-4-6-19(2)18-13/h4,6,11-12H,5,7-10H2,1-3H3/t12-/m1/s1. The fourth-order valence-corrected chi connectivity index (χ4v) is 3.12. The summed E-state index contributed by atoms with van der Waals surface area (Å²) < 4.78 is 9.08. The van der Waals surface area contributed by atoms with E-state index in [0.29, 0.717) is 19.6 Å². The molecule has 2 aromatic rings. The van der Waals surface area contributed by atoms with Crippen LogP contribution in [-0.2, 0) is 36.0 Å². The number of aryl methyl sites for hydroxylation is 1. The third-order valence-corrected chi connectivity index (χ3v) is 4.36. The van der Waals surface area contributed by atoms with E-state index >= 15 is 0 Å². The van der Waals surface area contributed by atoms with E-state index in [9.17, 15) is 4.79 Å². The van der Waals surface area contributed by atoms with Crippen molar-refractivity contribution in [3.8, 4) is 0 Å². The molecular formula is C16H23N5O2. The number of hydrogen-bond acceptors (Lipinski definition) is 4. The molecule has 0 N–H and O–H groups in total. The molecule has 1 amide bonds. The number of rotatable bonds is 5. The number of fused-ring (bicyclic) bond motifs is 1. The minimum Gasteiger partial charge on any atom is -0.384 e. The lowest BCUT2D eigenvalue weighted by molar-refractivity contribution is -0.133. The van der Waals surface area contributed by atoms with Gasteiger partial charge in [-0.15, -0.1) is 0 Å². The smallest absolute Gasteiger partial charge is 0.229 e. The molecule has 7 nitrogen and oxygen atoms in total. The first-order valence-electron chi connectivity index (χ1n) is 7.91. The van der Waals surface area contributed by atoms with Crippen LogP contribution in [0.3, 0.4) is 0 Å². The summed E-state index contributed by atoms with van der Waals surface area (Å²) in [5.41, 5.74) is 1.98. The summed E-state index contributed by atoms with van der Waals surface area (Å²) in [4.78, 5) is 19.0. The molecule has 3 heterocycles. The number of carbonyl (C=O) groups is 1. The van der Waals surface area contributed by atoms with Crippen molar-refractivity contribution in [3.63, 3.8) is 0 Å². The van der Waals surface area contributed by atoms with Crippen LogP contribution in [0.5, 0.6) is 0 Å². The predicted molar refractivity (Wildman–Crippen MR) is 84.8 cm³/mol. The Morgan fingerprint density at radius 3 is 2.96 bits per heavy atom. The molecule has 0 bridgehead atoms. The number of hydrogen-bond donors (Lipinski definition) is 0. The molecule has 0 aromatic carbocycles. The second kappa shape index (κ2) is 6.54. The van der Waals surface area contributed by atoms with E-state index in [1.807, 2.05) is 37.3 Å². The van der Waals surface area contributed by atoms with Crippen LogP contribution in [0.2, 0.25) is 0 Å². The molecule has 7 heteroatoms. The van der Waals surface area contributed by atoms with Crippen molar-refractivity contribution in [2.45, 2.75) is 32.4 Å². The molecule has 3 rings (SSSR count). The van der Waals surface area contributed by atoms with Crippen molar-refractivity contribution in [2.75, 3.05) is 20.3 Å². The van der Waals surface area contributed by atoms with E-state index in [1.165, 1.54) is 5.69 Å². The average Bonchev–Trinajstić information content (AvgIpc) is 3.12. The number of imidazole rings is 1. The van der Waals surface area contributed by atoms with E-state index in [4.69, 9.17) is 4.74 Å². The Morgan fingerprint density at radius 2 is 2.26 bits per heavy atom. The Kier molecular flexibility index (Phi) is 4.47. The Labute approximate surface area is 135 Å². The van der Waals surface area contributed by atoms with Crippen molar-refractivity contribution >= 4 is 5.91 Å². The highest BCUT2D eigenvalue weighted by molar-refractivity contribution is 5.78. The number of amides is 1. The summed E-state index contributed by atoms with van der Waals surface area (Å²) in [6, 6.07) is 1.87. The summed E-state index contributed by atoms with van der Waals surface area (Å²) in [5.74, 6) is 1.06. The van der Waals surface area contributed by atoms with Crippen molar-refractivity contribution in [1.29, 1.82) is 0 Å². The molecule has 0 spiro atoms. The van der Waals surface area contributed by atoms with Crippen molar-refractivity contribution < 1.29 is 9.53 Å². The fraction of sp³-hybridized carbons (Fsp3) is 0.562. The van der Waals surface area contributed by atoms with Gasteiger partial charge in [-0.25, -0.2) is 4.98 Å². The first-order valence-corrected chi connectivity index (χ1v) is 7.91. The van der Waals surface area contributed by atoms with Gasteiger partial charge in [-0.1, -0.05) is 0 Å². The van der Waals surface area contributed by atoms with Gasteiger partial charge in [0.1, 0.15) is 5.82 Å². The molecule has 1 atom stereocenters. The molecule has 124 valence electrons. The largest absolute Gasteiger partial charge is 0.384 e. The first-order chi connectivity index (χ1) is 11.1. The number of methoxy groups -OCH3 is 1. The summed E-state index contributed by atoms with van der Waals surface area (Å²) in [6.45, 7) is 4.21. The van der Waals surface area contributed by atoms with E-state index in [2.05, 4.69) is 14.6 Å². The normalized spacial score (nSPS) is 17.3. The highest BCUT2D eigenvalue weighted by atomic mass is 16.5.